The molecule has 1 aromatic heterocycles. The molecule has 2 rings (SSSR count). The fraction of sp³-hybridized carbons (Fsp3) is 0.684. The number of hydrogen-bond donors (Lipinski definition) is 1. The van der Waals surface area contributed by atoms with Crippen molar-refractivity contribution >= 4 is 30.2 Å². The van der Waals surface area contributed by atoms with Crippen LogP contribution in [-0.2, 0) is 44.7 Å². The fourth-order valence-electron chi connectivity index (χ4n) is 3.55. The van der Waals surface area contributed by atoms with E-state index < -0.39 is 66.3 Å². The standard InChI is InChI=1S/C19H27F2N2O9PS/c1-6-29-33(34,30-7-2)19(20,21)14-13(9-28-11(4)24)32-17(15(14)31-12(5)25)23-8-10(3)16(26)22-18(23)27/h8,13-15,17H,6-7,9H2,1-5H3,(H,22,26,27)/t13-,14-,15-,17-/m1/s1. The Labute approximate surface area is 198 Å². The lowest BCUT2D eigenvalue weighted by atomic mass is 9.98. The maximum absolute atomic E-state index is 16.1. The predicted octanol–water partition coefficient (Wildman–Crippen LogP) is 1.83. The van der Waals surface area contributed by atoms with Crippen LogP contribution in [0.5, 0.6) is 0 Å². The van der Waals surface area contributed by atoms with Crippen LogP contribution >= 0.6 is 6.49 Å². The normalized spacial score (nSPS) is 23.0. The molecule has 1 saturated heterocycles. The van der Waals surface area contributed by atoms with Crippen molar-refractivity contribution in [1.29, 1.82) is 0 Å². The summed E-state index contributed by atoms with van der Waals surface area (Å²) in [7, 11) is 0. The number of carbonyl (C=O) groups excluding carboxylic acids is 2. The Morgan fingerprint density at radius 3 is 2.29 bits per heavy atom. The Morgan fingerprint density at radius 2 is 1.79 bits per heavy atom. The zero-order chi connectivity index (χ0) is 25.8. The molecule has 1 fully saturated rings. The third-order valence-electron chi connectivity index (χ3n) is 4.89. The summed E-state index contributed by atoms with van der Waals surface area (Å²) < 4.78 is 59.3. The molecule has 0 radical (unpaired) electrons. The molecule has 0 aromatic carbocycles. The number of halogens is 2. The van der Waals surface area contributed by atoms with Crippen LogP contribution in [0, 0.1) is 12.8 Å². The number of aromatic amines is 1. The van der Waals surface area contributed by atoms with Crippen molar-refractivity contribution in [2.75, 3.05) is 19.8 Å². The van der Waals surface area contributed by atoms with Gasteiger partial charge in [-0.05, 0) is 32.6 Å². The largest absolute Gasteiger partial charge is 0.463 e. The third kappa shape index (κ3) is 5.80. The van der Waals surface area contributed by atoms with Gasteiger partial charge < -0.3 is 23.3 Å². The highest BCUT2D eigenvalue weighted by atomic mass is 32.5. The van der Waals surface area contributed by atoms with Gasteiger partial charge >= 0.3 is 23.3 Å². The monoisotopic (exact) mass is 528 g/mol. The maximum atomic E-state index is 16.1. The van der Waals surface area contributed by atoms with E-state index in [-0.39, 0.29) is 18.8 Å². The Hall–Kier alpha value is -1.99. The average molecular weight is 528 g/mol. The van der Waals surface area contributed by atoms with E-state index in [9.17, 15) is 19.2 Å². The Kier molecular flexibility index (Phi) is 9.28. The second-order valence-corrected chi connectivity index (χ2v) is 10.9. The Morgan fingerprint density at radius 1 is 1.21 bits per heavy atom. The summed E-state index contributed by atoms with van der Waals surface area (Å²) in [4.78, 5) is 49.6. The van der Waals surface area contributed by atoms with Gasteiger partial charge in [0.1, 0.15) is 18.6 Å². The lowest BCUT2D eigenvalue weighted by Gasteiger charge is -2.36. The van der Waals surface area contributed by atoms with Gasteiger partial charge in [0.25, 0.3) is 12.1 Å². The first kappa shape index (κ1) is 28.2. The molecule has 0 amide bonds. The highest BCUT2D eigenvalue weighted by molar-refractivity contribution is 8.10. The highest BCUT2D eigenvalue weighted by Gasteiger charge is 2.66. The molecule has 4 atom stereocenters. The first-order valence-corrected chi connectivity index (χ1v) is 13.0. The van der Waals surface area contributed by atoms with Gasteiger partial charge in [0.05, 0.1) is 13.2 Å². The van der Waals surface area contributed by atoms with Crippen molar-refractivity contribution in [2.45, 2.75) is 58.7 Å². The summed E-state index contributed by atoms with van der Waals surface area (Å²) in [6, 6.07) is 0. The van der Waals surface area contributed by atoms with E-state index in [2.05, 4.69) is 0 Å². The minimum Gasteiger partial charge on any atom is -0.463 e. The van der Waals surface area contributed by atoms with Crippen LogP contribution < -0.4 is 11.2 Å². The van der Waals surface area contributed by atoms with Crippen LogP contribution in [0.25, 0.3) is 0 Å². The summed E-state index contributed by atoms with van der Waals surface area (Å²) in [5, 5.41) is 0. The van der Waals surface area contributed by atoms with E-state index in [1.807, 2.05) is 4.98 Å². The van der Waals surface area contributed by atoms with E-state index in [4.69, 9.17) is 35.1 Å². The summed E-state index contributed by atoms with van der Waals surface area (Å²) >= 11 is 5.14. The lowest BCUT2D eigenvalue weighted by Crippen LogP contribution is -2.46. The van der Waals surface area contributed by atoms with Crippen LogP contribution in [0.15, 0.2) is 15.8 Å². The van der Waals surface area contributed by atoms with E-state index in [0.29, 0.717) is 0 Å². The summed E-state index contributed by atoms with van der Waals surface area (Å²) in [6.07, 6.45) is -3.86. The molecule has 1 aromatic rings. The second-order valence-electron chi connectivity index (χ2n) is 7.37. The number of hydrogen-bond acceptors (Lipinski definition) is 10. The van der Waals surface area contributed by atoms with Crippen LogP contribution in [0.3, 0.4) is 0 Å². The molecule has 0 spiro atoms. The lowest BCUT2D eigenvalue weighted by molar-refractivity contribution is -0.158. The van der Waals surface area contributed by atoms with Crippen LogP contribution in [0.2, 0.25) is 0 Å². The molecule has 0 saturated carbocycles. The first-order chi connectivity index (χ1) is 15.8. The molecule has 2 heterocycles. The number of alkyl halides is 2. The Bertz CT molecular complexity index is 1070. The third-order valence-corrected chi connectivity index (χ3v) is 8.47. The zero-order valence-corrected chi connectivity index (χ0v) is 21.0. The maximum Gasteiger partial charge on any atom is 0.330 e. The number of H-pyrrole nitrogens is 1. The molecular weight excluding hydrogens is 501 g/mol. The molecule has 0 unspecified atom stereocenters. The van der Waals surface area contributed by atoms with Crippen molar-refractivity contribution < 1.29 is 41.6 Å². The predicted molar refractivity (Wildman–Crippen MR) is 118 cm³/mol. The minimum atomic E-state index is -4.34. The smallest absolute Gasteiger partial charge is 0.330 e. The highest BCUT2D eigenvalue weighted by Crippen LogP contribution is 2.68. The van der Waals surface area contributed by atoms with Crippen LogP contribution in [-0.4, -0.2) is 59.2 Å². The first-order valence-electron chi connectivity index (χ1n) is 10.3. The van der Waals surface area contributed by atoms with Crippen molar-refractivity contribution in [1.82, 2.24) is 9.55 Å². The van der Waals surface area contributed by atoms with E-state index in [1.54, 1.807) is 0 Å². The molecule has 0 aliphatic carbocycles. The van der Waals surface area contributed by atoms with Gasteiger partial charge in [-0.2, -0.15) is 8.78 Å². The molecular formula is C19H27F2N2O9PS. The number of aromatic nitrogens is 2. The number of nitrogens with one attached hydrogen (secondary N) is 1. The van der Waals surface area contributed by atoms with E-state index in [0.717, 1.165) is 24.6 Å². The van der Waals surface area contributed by atoms with Gasteiger partial charge in [-0.15, -0.1) is 0 Å². The van der Waals surface area contributed by atoms with E-state index in [1.165, 1.54) is 20.8 Å². The number of esters is 2. The molecule has 1 N–H and O–H groups in total. The van der Waals surface area contributed by atoms with Crippen molar-refractivity contribution in [3.05, 3.63) is 32.6 Å². The quantitative estimate of drug-likeness (QED) is 0.354. The van der Waals surface area contributed by atoms with Gasteiger partial charge in [0.15, 0.2) is 12.3 Å². The molecule has 192 valence electrons. The molecule has 1 aliphatic rings. The number of rotatable bonds is 10. The SMILES string of the molecule is CCOP(=S)(OCC)C(F)(F)[C@H]1[C@@H](OC(C)=O)[C@H](n2cc(C)c(=O)[nH]c2=O)O[C@@H]1COC(C)=O. The van der Waals surface area contributed by atoms with Crippen molar-refractivity contribution in [3.63, 3.8) is 0 Å². The van der Waals surface area contributed by atoms with Gasteiger partial charge in [0.2, 0.25) is 0 Å². The number of ether oxygens (including phenoxy) is 3. The molecule has 15 heteroatoms. The molecule has 11 nitrogen and oxygen atoms in total. The van der Waals surface area contributed by atoms with Crippen molar-refractivity contribution in [2.24, 2.45) is 5.92 Å². The van der Waals surface area contributed by atoms with Gasteiger partial charge in [-0.1, -0.05) is 0 Å². The number of nitrogens with zero attached hydrogens (tertiary/aromatic N) is 1. The fourth-order valence-corrected chi connectivity index (χ4v) is 6.32. The van der Waals surface area contributed by atoms with Gasteiger partial charge in [0, 0.05) is 25.6 Å². The van der Waals surface area contributed by atoms with Gasteiger partial charge in [-0.3, -0.25) is 23.9 Å². The molecule has 1 aliphatic heterocycles. The Balaban J connectivity index is 2.71. The summed E-state index contributed by atoms with van der Waals surface area (Å²) in [6.45, 7) is 1.01. The summed E-state index contributed by atoms with van der Waals surface area (Å²) in [5.74, 6) is -3.74. The van der Waals surface area contributed by atoms with Crippen LogP contribution in [0.1, 0.15) is 39.5 Å². The second kappa shape index (κ2) is 11.2. The summed E-state index contributed by atoms with van der Waals surface area (Å²) in [5.41, 5.74) is -5.55. The minimum absolute atomic E-state index is 0.0743. The van der Waals surface area contributed by atoms with Gasteiger partial charge in [-0.25, -0.2) is 4.79 Å². The van der Waals surface area contributed by atoms with Crippen molar-refractivity contribution in [3.8, 4) is 0 Å². The number of carbonyl (C=O) groups is 2. The van der Waals surface area contributed by atoms with E-state index >= 15 is 8.78 Å². The average Bonchev–Trinajstić information content (AvgIpc) is 3.07. The zero-order valence-electron chi connectivity index (χ0n) is 19.2. The topological polar surface area (TPSA) is 135 Å². The molecule has 34 heavy (non-hydrogen) atoms. The molecule has 0 bridgehead atoms. The number of aryl methyl sites for hydroxylation is 1. The van der Waals surface area contributed by atoms with Crippen LogP contribution in [0.4, 0.5) is 8.78 Å².